The van der Waals surface area contributed by atoms with Gasteiger partial charge >= 0.3 is 0 Å². The van der Waals surface area contributed by atoms with Gasteiger partial charge in [-0.25, -0.2) is 8.42 Å². The molecule has 0 saturated heterocycles. The van der Waals surface area contributed by atoms with E-state index in [9.17, 15) is 18.0 Å². The van der Waals surface area contributed by atoms with Crippen molar-refractivity contribution in [2.75, 3.05) is 17.4 Å². The summed E-state index contributed by atoms with van der Waals surface area (Å²) in [4.78, 5) is 29.7. The van der Waals surface area contributed by atoms with Gasteiger partial charge in [0.2, 0.25) is 11.8 Å². The number of benzene rings is 4. The highest BCUT2D eigenvalue weighted by atomic mass is 35.5. The summed E-state index contributed by atoms with van der Waals surface area (Å²) < 4.78 is 29.3. The number of sulfonamides is 1. The van der Waals surface area contributed by atoms with Gasteiger partial charge in [-0.05, 0) is 55.7 Å². The van der Waals surface area contributed by atoms with Crippen LogP contribution in [0.2, 0.25) is 10.0 Å². The Morgan fingerprint density at radius 1 is 0.822 bits per heavy atom. The molecule has 0 aliphatic carbocycles. The van der Waals surface area contributed by atoms with E-state index in [2.05, 4.69) is 5.32 Å². The maximum Gasteiger partial charge on any atom is 0.264 e. The molecule has 1 unspecified atom stereocenters. The molecule has 0 heterocycles. The lowest BCUT2D eigenvalue weighted by Crippen LogP contribution is -2.53. The third-order valence-electron chi connectivity index (χ3n) is 7.34. The third-order valence-corrected chi connectivity index (χ3v) is 9.93. The molecule has 0 spiro atoms. The first-order valence-corrected chi connectivity index (χ1v) is 16.9. The fourth-order valence-electron chi connectivity index (χ4n) is 4.96. The third kappa shape index (κ3) is 8.66. The van der Waals surface area contributed by atoms with Gasteiger partial charge in [-0.15, -0.1) is 0 Å². The number of anilines is 1. The minimum absolute atomic E-state index is 0.00517. The average molecular weight is 667 g/mol. The summed E-state index contributed by atoms with van der Waals surface area (Å²) in [6.07, 6.45) is 0.946. The second-order valence-electron chi connectivity index (χ2n) is 10.9. The highest BCUT2D eigenvalue weighted by Crippen LogP contribution is 2.35. The number of rotatable bonds is 13. The van der Waals surface area contributed by atoms with Crippen molar-refractivity contribution < 1.29 is 18.0 Å². The van der Waals surface area contributed by atoms with Gasteiger partial charge in [0.15, 0.2) is 0 Å². The van der Waals surface area contributed by atoms with Gasteiger partial charge in [0.1, 0.15) is 12.6 Å². The molecule has 2 amide bonds. The zero-order valence-electron chi connectivity index (χ0n) is 25.5. The highest BCUT2D eigenvalue weighted by molar-refractivity contribution is 7.92. The summed E-state index contributed by atoms with van der Waals surface area (Å²) in [5, 5.41) is 3.08. The number of aryl methyl sites for hydroxylation is 2. The van der Waals surface area contributed by atoms with Crippen LogP contribution < -0.4 is 9.62 Å². The fraction of sp³-hybridized carbons (Fsp3) is 0.257. The van der Waals surface area contributed by atoms with Gasteiger partial charge < -0.3 is 10.2 Å². The Labute approximate surface area is 275 Å². The molecule has 0 fully saturated rings. The monoisotopic (exact) mass is 665 g/mol. The lowest BCUT2D eigenvalue weighted by Gasteiger charge is -2.34. The lowest BCUT2D eigenvalue weighted by atomic mass is 10.0. The smallest absolute Gasteiger partial charge is 0.264 e. The predicted octanol–water partition coefficient (Wildman–Crippen LogP) is 6.97. The van der Waals surface area contributed by atoms with E-state index in [1.165, 1.54) is 23.1 Å². The number of nitrogens with one attached hydrogen (secondary N) is 1. The van der Waals surface area contributed by atoms with E-state index in [-0.39, 0.29) is 39.5 Å². The molecule has 0 aliphatic rings. The molecule has 1 N–H and O–H groups in total. The zero-order chi connectivity index (χ0) is 32.6. The van der Waals surface area contributed by atoms with E-state index >= 15 is 0 Å². The molecule has 236 valence electrons. The van der Waals surface area contributed by atoms with Crippen LogP contribution >= 0.6 is 23.2 Å². The topological polar surface area (TPSA) is 86.8 Å². The van der Waals surface area contributed by atoms with Crippen molar-refractivity contribution in [1.82, 2.24) is 10.2 Å². The van der Waals surface area contributed by atoms with Crippen molar-refractivity contribution in [2.24, 2.45) is 0 Å². The van der Waals surface area contributed by atoms with Crippen LogP contribution in [0.3, 0.4) is 0 Å². The Kier molecular flexibility index (Phi) is 11.7. The minimum atomic E-state index is -4.30. The van der Waals surface area contributed by atoms with Crippen LogP contribution in [0.25, 0.3) is 0 Å². The summed E-state index contributed by atoms with van der Waals surface area (Å²) in [7, 11) is -4.30. The van der Waals surface area contributed by atoms with Gasteiger partial charge in [0.25, 0.3) is 10.0 Å². The van der Waals surface area contributed by atoms with Crippen molar-refractivity contribution in [3.63, 3.8) is 0 Å². The molecule has 0 bridgehead atoms. The minimum Gasteiger partial charge on any atom is -0.354 e. The van der Waals surface area contributed by atoms with Crippen LogP contribution in [-0.2, 0) is 32.6 Å². The van der Waals surface area contributed by atoms with Crippen LogP contribution in [-0.4, -0.2) is 44.3 Å². The van der Waals surface area contributed by atoms with Crippen LogP contribution in [0.1, 0.15) is 35.6 Å². The molecule has 10 heteroatoms. The molecule has 1 atom stereocenters. The Balaban J connectivity index is 1.83. The molecular weight excluding hydrogens is 629 g/mol. The molecule has 4 rings (SSSR count). The van der Waals surface area contributed by atoms with Gasteiger partial charge in [0, 0.05) is 19.5 Å². The van der Waals surface area contributed by atoms with Crippen molar-refractivity contribution in [3.8, 4) is 0 Å². The van der Waals surface area contributed by atoms with Gasteiger partial charge in [-0.1, -0.05) is 114 Å². The van der Waals surface area contributed by atoms with E-state index in [0.717, 1.165) is 26.6 Å². The van der Waals surface area contributed by atoms with Crippen LogP contribution in [0.5, 0.6) is 0 Å². The standard InChI is InChI=1S/C35H37Cl2N3O4S/c1-4-20-38-35(42)32(22-27-11-6-5-7-12-27)39(23-28-13-8-10-26(3)21-28)33(41)24-40(31-15-9-14-30(36)34(31)37)45(43,44)29-18-16-25(2)17-19-29/h5-19,21,32H,4,20,22-24H2,1-3H3,(H,38,42). The molecule has 45 heavy (non-hydrogen) atoms. The summed E-state index contributed by atoms with van der Waals surface area (Å²) in [6.45, 7) is 5.65. The Bertz CT molecular complexity index is 1730. The number of amides is 2. The Hall–Kier alpha value is -3.85. The number of nitrogens with zero attached hydrogens (tertiary/aromatic N) is 2. The van der Waals surface area contributed by atoms with Crippen LogP contribution in [0.4, 0.5) is 5.69 Å². The van der Waals surface area contributed by atoms with Crippen LogP contribution in [0, 0.1) is 13.8 Å². The first-order chi connectivity index (χ1) is 21.5. The summed E-state index contributed by atoms with van der Waals surface area (Å²) >= 11 is 12.9. The normalized spacial score (nSPS) is 11.9. The van der Waals surface area contributed by atoms with Crippen molar-refractivity contribution >= 4 is 50.7 Å². The SMILES string of the molecule is CCCNC(=O)C(Cc1ccccc1)N(Cc1cccc(C)c1)C(=O)CN(c1cccc(Cl)c1Cl)S(=O)(=O)c1ccc(C)cc1. The molecule has 0 saturated carbocycles. The molecule has 7 nitrogen and oxygen atoms in total. The van der Waals surface area contributed by atoms with E-state index in [0.29, 0.717) is 13.0 Å². The zero-order valence-corrected chi connectivity index (χ0v) is 27.9. The predicted molar refractivity (Wildman–Crippen MR) is 181 cm³/mol. The Morgan fingerprint density at radius 2 is 1.49 bits per heavy atom. The molecule has 4 aromatic rings. The number of carbonyl (C=O) groups excluding carboxylic acids is 2. The van der Waals surface area contributed by atoms with Crippen molar-refractivity contribution in [2.45, 2.75) is 51.1 Å². The van der Waals surface area contributed by atoms with E-state index in [1.54, 1.807) is 24.3 Å². The maximum atomic E-state index is 14.5. The van der Waals surface area contributed by atoms with Gasteiger partial charge in [-0.3, -0.25) is 13.9 Å². The molecular formula is C35H37Cl2N3O4S. The molecule has 4 aromatic carbocycles. The molecule has 0 aliphatic heterocycles. The number of hydrogen-bond acceptors (Lipinski definition) is 4. The summed E-state index contributed by atoms with van der Waals surface area (Å²) in [5.74, 6) is -0.897. The van der Waals surface area contributed by atoms with Gasteiger partial charge in [0.05, 0.1) is 20.6 Å². The van der Waals surface area contributed by atoms with E-state index in [1.807, 2.05) is 75.4 Å². The average Bonchev–Trinajstić information content (AvgIpc) is 3.02. The second-order valence-corrected chi connectivity index (χ2v) is 13.6. The Morgan fingerprint density at radius 3 is 2.16 bits per heavy atom. The van der Waals surface area contributed by atoms with E-state index < -0.39 is 28.5 Å². The summed E-state index contributed by atoms with van der Waals surface area (Å²) in [6, 6.07) is 27.1. The number of hydrogen-bond donors (Lipinski definition) is 1. The summed E-state index contributed by atoms with van der Waals surface area (Å²) in [5.41, 5.74) is 3.59. The first kappa shape index (κ1) is 34.0. The molecule has 0 aromatic heterocycles. The van der Waals surface area contributed by atoms with Crippen molar-refractivity contribution in [1.29, 1.82) is 0 Å². The highest BCUT2D eigenvalue weighted by Gasteiger charge is 2.35. The van der Waals surface area contributed by atoms with Gasteiger partial charge in [-0.2, -0.15) is 0 Å². The maximum absolute atomic E-state index is 14.5. The second kappa shape index (κ2) is 15.4. The first-order valence-electron chi connectivity index (χ1n) is 14.7. The van der Waals surface area contributed by atoms with Crippen molar-refractivity contribution in [3.05, 3.63) is 129 Å². The van der Waals surface area contributed by atoms with Crippen LogP contribution in [0.15, 0.2) is 102 Å². The quantitative estimate of drug-likeness (QED) is 0.167. The lowest BCUT2D eigenvalue weighted by molar-refractivity contribution is -0.140. The number of halogens is 2. The number of carbonyl (C=O) groups is 2. The largest absolute Gasteiger partial charge is 0.354 e. The molecule has 0 radical (unpaired) electrons. The van der Waals surface area contributed by atoms with E-state index in [4.69, 9.17) is 23.2 Å². The fourth-order valence-corrected chi connectivity index (χ4v) is 6.84.